The highest BCUT2D eigenvalue weighted by molar-refractivity contribution is 8.12. The highest BCUT2D eigenvalue weighted by atomic mass is 32.1. The molecular weight excluding hydrogens is 360 g/mol. The van der Waals surface area contributed by atoms with E-state index in [1.807, 2.05) is 0 Å². The van der Waals surface area contributed by atoms with Gasteiger partial charge in [-0.2, -0.15) is 9.36 Å². The van der Waals surface area contributed by atoms with Crippen LogP contribution in [0.15, 0.2) is 24.3 Å². The third-order valence-electron chi connectivity index (χ3n) is 2.66. The molecule has 2 aromatic heterocycles. The van der Waals surface area contributed by atoms with E-state index in [2.05, 4.69) is 56.3 Å². The third-order valence-corrected chi connectivity index (χ3v) is 3.43. The van der Waals surface area contributed by atoms with Gasteiger partial charge in [0.25, 0.3) is 0 Å². The number of hydrogen-bond donors (Lipinski definition) is 2. The molecule has 0 aliphatic rings. The maximum absolute atomic E-state index is 4.99. The van der Waals surface area contributed by atoms with E-state index in [1.165, 1.54) is 9.36 Å². The Hall–Kier alpha value is -1.76. The second kappa shape index (κ2) is 6.16. The molecule has 2 heterocycles. The van der Waals surface area contributed by atoms with E-state index in [4.69, 9.17) is 24.4 Å². The SMILES string of the molecule is S=C(S)c1nnnn1-c1ccc(-n2nnnc2C(=S)S)cc1. The lowest BCUT2D eigenvalue weighted by atomic mass is 10.3. The number of thiol groups is 2. The minimum atomic E-state index is 0.303. The zero-order chi connectivity index (χ0) is 15.7. The van der Waals surface area contributed by atoms with Gasteiger partial charge in [0.05, 0.1) is 11.4 Å². The predicted octanol–water partition coefficient (Wildman–Crippen LogP) is 0.849. The molecule has 1 aromatic carbocycles. The molecule has 110 valence electrons. The average Bonchev–Trinajstić information content (AvgIpc) is 3.16. The van der Waals surface area contributed by atoms with E-state index in [0.717, 1.165) is 11.4 Å². The van der Waals surface area contributed by atoms with E-state index in [-0.39, 0.29) is 0 Å². The average molecular weight is 366 g/mol. The van der Waals surface area contributed by atoms with Gasteiger partial charge < -0.3 is 0 Å². The number of nitrogens with zero attached hydrogens (tertiary/aromatic N) is 8. The fourth-order valence-corrected chi connectivity index (χ4v) is 2.26. The van der Waals surface area contributed by atoms with Gasteiger partial charge in [0.15, 0.2) is 0 Å². The number of benzene rings is 1. The summed E-state index contributed by atoms with van der Waals surface area (Å²) >= 11 is 18.2. The third kappa shape index (κ3) is 2.77. The Kier molecular flexibility index (Phi) is 4.24. The van der Waals surface area contributed by atoms with Crippen LogP contribution >= 0.6 is 49.7 Å². The van der Waals surface area contributed by atoms with Crippen molar-refractivity contribution < 1.29 is 0 Å². The molecule has 0 radical (unpaired) electrons. The lowest BCUT2D eigenvalue weighted by Gasteiger charge is -2.06. The van der Waals surface area contributed by atoms with Crippen LogP contribution < -0.4 is 0 Å². The molecule has 22 heavy (non-hydrogen) atoms. The van der Waals surface area contributed by atoms with Gasteiger partial charge in [-0.25, -0.2) is 0 Å². The zero-order valence-electron chi connectivity index (χ0n) is 10.6. The Morgan fingerprint density at radius 2 is 1.14 bits per heavy atom. The topological polar surface area (TPSA) is 87.2 Å². The highest BCUT2D eigenvalue weighted by Crippen LogP contribution is 2.15. The van der Waals surface area contributed by atoms with Crippen molar-refractivity contribution in [2.75, 3.05) is 0 Å². The molecule has 0 unspecified atom stereocenters. The van der Waals surface area contributed by atoms with Crippen molar-refractivity contribution in [3.8, 4) is 11.4 Å². The molecule has 0 N–H and O–H groups in total. The van der Waals surface area contributed by atoms with Gasteiger partial charge in [0.2, 0.25) is 11.6 Å². The Balaban J connectivity index is 2.00. The van der Waals surface area contributed by atoms with Crippen molar-refractivity contribution in [3.05, 3.63) is 35.9 Å². The summed E-state index contributed by atoms with van der Waals surface area (Å²) in [5.41, 5.74) is 1.45. The van der Waals surface area contributed by atoms with Crippen LogP contribution in [0.25, 0.3) is 11.4 Å². The van der Waals surface area contributed by atoms with Crippen molar-refractivity contribution in [1.82, 2.24) is 40.4 Å². The second-order valence-electron chi connectivity index (χ2n) is 3.96. The van der Waals surface area contributed by atoms with Gasteiger partial charge in [-0.3, -0.25) is 0 Å². The molecule has 8 nitrogen and oxygen atoms in total. The van der Waals surface area contributed by atoms with Gasteiger partial charge in [-0.1, -0.05) is 24.4 Å². The summed E-state index contributed by atoms with van der Waals surface area (Å²) in [6, 6.07) is 7.20. The van der Waals surface area contributed by atoms with Gasteiger partial charge >= 0.3 is 0 Å². The normalized spacial score (nSPS) is 10.6. The summed E-state index contributed by atoms with van der Waals surface area (Å²) in [6.45, 7) is 0. The quantitative estimate of drug-likeness (QED) is 0.519. The van der Waals surface area contributed by atoms with Crippen molar-refractivity contribution in [1.29, 1.82) is 0 Å². The maximum atomic E-state index is 4.99. The van der Waals surface area contributed by atoms with Crippen LogP contribution in [0.3, 0.4) is 0 Å². The fourth-order valence-electron chi connectivity index (χ4n) is 1.72. The minimum Gasteiger partial charge on any atom is -0.191 e. The first kappa shape index (κ1) is 15.1. The Bertz CT molecular complexity index is 781. The molecule has 0 amide bonds. The molecular formula is C10H6N8S4. The Labute approximate surface area is 145 Å². The number of rotatable bonds is 4. The molecule has 12 heteroatoms. The van der Waals surface area contributed by atoms with Crippen molar-refractivity contribution in [3.63, 3.8) is 0 Å². The Morgan fingerprint density at radius 1 is 0.773 bits per heavy atom. The van der Waals surface area contributed by atoms with E-state index in [1.54, 1.807) is 24.3 Å². The molecule has 0 aliphatic heterocycles. The first-order valence-electron chi connectivity index (χ1n) is 5.72. The zero-order valence-corrected chi connectivity index (χ0v) is 14.0. The van der Waals surface area contributed by atoms with Gasteiger partial charge in [0.1, 0.15) is 8.39 Å². The molecule has 3 rings (SSSR count). The van der Waals surface area contributed by atoms with Gasteiger partial charge in [0, 0.05) is 0 Å². The summed E-state index contributed by atoms with van der Waals surface area (Å²) in [4.78, 5) is 0. The molecule has 0 aliphatic carbocycles. The van der Waals surface area contributed by atoms with Gasteiger partial charge in [-0.05, 0) is 45.1 Å². The molecule has 0 atom stereocenters. The maximum Gasteiger partial charge on any atom is 0.204 e. The van der Waals surface area contributed by atoms with Crippen LogP contribution in [0.4, 0.5) is 0 Å². The minimum absolute atomic E-state index is 0.303. The van der Waals surface area contributed by atoms with Crippen molar-refractivity contribution in [2.24, 2.45) is 0 Å². The van der Waals surface area contributed by atoms with Crippen LogP contribution in [-0.2, 0) is 0 Å². The smallest absolute Gasteiger partial charge is 0.191 e. The standard InChI is InChI=1S/C10H6N8S4/c19-9(20)7-11-13-15-17(7)5-1-2-6(4-3-5)18-8(10(21)22)12-14-16-18/h1-4H,(H,19,20)(H,21,22). The molecule has 0 fully saturated rings. The summed E-state index contributed by atoms with van der Waals surface area (Å²) < 4.78 is 3.58. The number of thiocarbonyl (C=S) groups is 2. The summed E-state index contributed by atoms with van der Waals surface area (Å²) in [5, 5.41) is 22.6. The van der Waals surface area contributed by atoms with Crippen molar-refractivity contribution in [2.45, 2.75) is 0 Å². The van der Waals surface area contributed by atoms with Crippen molar-refractivity contribution >= 4 is 58.1 Å². The number of aromatic nitrogens is 8. The van der Waals surface area contributed by atoms with E-state index < -0.39 is 0 Å². The van der Waals surface area contributed by atoms with E-state index >= 15 is 0 Å². The summed E-state index contributed by atoms with van der Waals surface area (Å²) in [6.07, 6.45) is 0. The number of tetrazole rings is 2. The van der Waals surface area contributed by atoms with Crippen LogP contribution in [0.1, 0.15) is 11.6 Å². The monoisotopic (exact) mass is 366 g/mol. The van der Waals surface area contributed by atoms with E-state index in [9.17, 15) is 0 Å². The first-order chi connectivity index (χ1) is 10.6. The highest BCUT2D eigenvalue weighted by Gasteiger charge is 2.13. The molecule has 0 spiro atoms. The molecule has 3 aromatic rings. The number of hydrogen-bond acceptors (Lipinski definition) is 8. The lowest BCUT2D eigenvalue weighted by Crippen LogP contribution is -2.07. The first-order valence-corrected chi connectivity index (χ1v) is 7.43. The predicted molar refractivity (Wildman–Crippen MR) is 93.2 cm³/mol. The second-order valence-corrected chi connectivity index (χ2v) is 6.27. The van der Waals surface area contributed by atoms with Crippen LogP contribution in [0.5, 0.6) is 0 Å². The summed E-state index contributed by atoms with van der Waals surface area (Å²) in [5.74, 6) is 0.788. The van der Waals surface area contributed by atoms with Gasteiger partial charge in [-0.15, -0.1) is 35.5 Å². The summed E-state index contributed by atoms with van der Waals surface area (Å²) in [7, 11) is 0. The van der Waals surface area contributed by atoms with E-state index in [0.29, 0.717) is 20.0 Å². The fraction of sp³-hybridized carbons (Fsp3) is 0. The van der Waals surface area contributed by atoms with Crippen LogP contribution in [-0.4, -0.2) is 48.8 Å². The molecule has 0 bridgehead atoms. The lowest BCUT2D eigenvalue weighted by molar-refractivity contribution is 0.778. The molecule has 0 saturated carbocycles. The van der Waals surface area contributed by atoms with Crippen LogP contribution in [0.2, 0.25) is 0 Å². The molecule has 0 saturated heterocycles. The largest absolute Gasteiger partial charge is 0.204 e. The van der Waals surface area contributed by atoms with Crippen LogP contribution in [0, 0.1) is 0 Å². The Morgan fingerprint density at radius 3 is 1.45 bits per heavy atom.